The first-order valence-electron chi connectivity index (χ1n) is 6.30. The van der Waals surface area contributed by atoms with Gasteiger partial charge in [0.05, 0.1) is 18.8 Å². The van der Waals surface area contributed by atoms with Gasteiger partial charge in [0.2, 0.25) is 0 Å². The van der Waals surface area contributed by atoms with E-state index in [1.807, 2.05) is 0 Å². The minimum atomic E-state index is -0.545. The molecule has 0 spiro atoms. The first-order chi connectivity index (χ1) is 7.84. The molecule has 0 amide bonds. The minimum Gasteiger partial charge on any atom is -0.375 e. The standard InChI is InChI=1S/C12H20O4/c1-13-12-8-10-9(4-2-6-14-10)16-11(12)5-3-7-15-12/h9-11H,2-8H2,1H3/t9-,10+,11+,12+/m1/s1. The van der Waals surface area contributed by atoms with Gasteiger partial charge in [0.15, 0.2) is 5.79 Å². The molecule has 0 N–H and O–H groups in total. The highest BCUT2D eigenvalue weighted by atomic mass is 16.7. The van der Waals surface area contributed by atoms with E-state index in [2.05, 4.69) is 0 Å². The third kappa shape index (κ3) is 1.68. The number of hydrogen-bond acceptors (Lipinski definition) is 4. The molecule has 3 fully saturated rings. The molecule has 0 aliphatic carbocycles. The van der Waals surface area contributed by atoms with Crippen molar-refractivity contribution in [1.29, 1.82) is 0 Å². The van der Waals surface area contributed by atoms with Crippen LogP contribution in [0.2, 0.25) is 0 Å². The number of rotatable bonds is 1. The lowest BCUT2D eigenvalue weighted by molar-refractivity contribution is -0.354. The Kier molecular flexibility index (Phi) is 2.92. The summed E-state index contributed by atoms with van der Waals surface area (Å²) in [6, 6.07) is 0. The van der Waals surface area contributed by atoms with Gasteiger partial charge in [-0.25, -0.2) is 0 Å². The van der Waals surface area contributed by atoms with Crippen molar-refractivity contribution in [3.8, 4) is 0 Å². The normalized spacial score (nSPS) is 48.2. The van der Waals surface area contributed by atoms with Crippen LogP contribution >= 0.6 is 0 Å². The molecule has 4 atom stereocenters. The average molecular weight is 228 g/mol. The molecule has 0 aromatic carbocycles. The molecule has 3 saturated heterocycles. The Hall–Kier alpha value is -0.160. The summed E-state index contributed by atoms with van der Waals surface area (Å²) in [5.74, 6) is -0.545. The van der Waals surface area contributed by atoms with Crippen molar-refractivity contribution in [1.82, 2.24) is 0 Å². The summed E-state index contributed by atoms with van der Waals surface area (Å²) in [6.07, 6.45) is 5.64. The summed E-state index contributed by atoms with van der Waals surface area (Å²) < 4.78 is 23.3. The average Bonchev–Trinajstić information content (AvgIpc) is 2.36. The Balaban J connectivity index is 1.79. The van der Waals surface area contributed by atoms with Gasteiger partial charge in [-0.3, -0.25) is 0 Å². The Morgan fingerprint density at radius 2 is 2.00 bits per heavy atom. The lowest BCUT2D eigenvalue weighted by Crippen LogP contribution is -2.61. The van der Waals surface area contributed by atoms with E-state index in [0.29, 0.717) is 0 Å². The Morgan fingerprint density at radius 3 is 2.88 bits per heavy atom. The predicted molar refractivity (Wildman–Crippen MR) is 57.2 cm³/mol. The van der Waals surface area contributed by atoms with Crippen molar-refractivity contribution in [3.05, 3.63) is 0 Å². The molecule has 0 bridgehead atoms. The molecule has 3 heterocycles. The lowest BCUT2D eigenvalue weighted by atomic mass is 9.87. The Morgan fingerprint density at radius 1 is 1.12 bits per heavy atom. The smallest absolute Gasteiger partial charge is 0.197 e. The van der Waals surface area contributed by atoms with Crippen LogP contribution in [0, 0.1) is 0 Å². The number of fused-ring (bicyclic) bond motifs is 2. The van der Waals surface area contributed by atoms with Crippen LogP contribution in [0.15, 0.2) is 0 Å². The Bertz CT molecular complexity index is 257. The number of methoxy groups -OCH3 is 1. The molecule has 92 valence electrons. The fraction of sp³-hybridized carbons (Fsp3) is 1.00. The van der Waals surface area contributed by atoms with E-state index >= 15 is 0 Å². The highest BCUT2D eigenvalue weighted by molar-refractivity contribution is 4.95. The van der Waals surface area contributed by atoms with Gasteiger partial charge in [-0.05, 0) is 25.7 Å². The van der Waals surface area contributed by atoms with Crippen molar-refractivity contribution in [2.24, 2.45) is 0 Å². The third-order valence-electron chi connectivity index (χ3n) is 4.00. The van der Waals surface area contributed by atoms with Gasteiger partial charge in [0.25, 0.3) is 0 Å². The lowest BCUT2D eigenvalue weighted by Gasteiger charge is -2.51. The molecule has 3 rings (SSSR count). The van der Waals surface area contributed by atoms with E-state index in [-0.39, 0.29) is 18.3 Å². The topological polar surface area (TPSA) is 36.9 Å². The monoisotopic (exact) mass is 228 g/mol. The van der Waals surface area contributed by atoms with E-state index in [1.165, 1.54) is 0 Å². The van der Waals surface area contributed by atoms with Crippen molar-refractivity contribution < 1.29 is 18.9 Å². The summed E-state index contributed by atoms with van der Waals surface area (Å²) in [5.41, 5.74) is 0. The molecule has 4 nitrogen and oxygen atoms in total. The van der Waals surface area contributed by atoms with Crippen LogP contribution in [-0.2, 0) is 18.9 Å². The fourth-order valence-corrected chi connectivity index (χ4v) is 3.11. The molecule has 0 aromatic rings. The fourth-order valence-electron chi connectivity index (χ4n) is 3.11. The first-order valence-corrected chi connectivity index (χ1v) is 6.30. The highest BCUT2D eigenvalue weighted by Crippen LogP contribution is 2.41. The molecular formula is C12H20O4. The van der Waals surface area contributed by atoms with Gasteiger partial charge in [-0.15, -0.1) is 0 Å². The second kappa shape index (κ2) is 4.26. The third-order valence-corrected chi connectivity index (χ3v) is 4.00. The van der Waals surface area contributed by atoms with E-state index in [9.17, 15) is 0 Å². The zero-order valence-corrected chi connectivity index (χ0v) is 9.81. The van der Waals surface area contributed by atoms with E-state index in [1.54, 1.807) is 7.11 Å². The van der Waals surface area contributed by atoms with Gasteiger partial charge in [-0.1, -0.05) is 0 Å². The maximum absolute atomic E-state index is 6.11. The van der Waals surface area contributed by atoms with Crippen molar-refractivity contribution in [2.45, 2.75) is 56.2 Å². The summed E-state index contributed by atoms with van der Waals surface area (Å²) in [7, 11) is 1.71. The maximum Gasteiger partial charge on any atom is 0.197 e. The summed E-state index contributed by atoms with van der Waals surface area (Å²) >= 11 is 0. The summed E-state index contributed by atoms with van der Waals surface area (Å²) in [6.45, 7) is 1.61. The minimum absolute atomic E-state index is 0.0919. The zero-order valence-electron chi connectivity index (χ0n) is 9.81. The zero-order chi connectivity index (χ0) is 11.0. The molecule has 3 aliphatic heterocycles. The predicted octanol–water partition coefficient (Wildman–Crippen LogP) is 1.48. The van der Waals surface area contributed by atoms with Gasteiger partial charge in [0, 0.05) is 20.1 Å². The molecule has 0 unspecified atom stereocenters. The molecule has 0 radical (unpaired) electrons. The molecule has 0 aromatic heterocycles. The van der Waals surface area contributed by atoms with Crippen molar-refractivity contribution in [3.63, 3.8) is 0 Å². The van der Waals surface area contributed by atoms with Crippen LogP contribution in [-0.4, -0.2) is 44.4 Å². The molecule has 0 saturated carbocycles. The molecular weight excluding hydrogens is 208 g/mol. The second-order valence-corrected chi connectivity index (χ2v) is 4.93. The van der Waals surface area contributed by atoms with E-state index < -0.39 is 5.79 Å². The molecule has 3 aliphatic rings. The van der Waals surface area contributed by atoms with Gasteiger partial charge < -0.3 is 18.9 Å². The van der Waals surface area contributed by atoms with Gasteiger partial charge >= 0.3 is 0 Å². The molecule has 4 heteroatoms. The Labute approximate surface area is 96.2 Å². The van der Waals surface area contributed by atoms with Crippen LogP contribution in [0.3, 0.4) is 0 Å². The second-order valence-electron chi connectivity index (χ2n) is 4.93. The van der Waals surface area contributed by atoms with Crippen LogP contribution in [0.1, 0.15) is 32.1 Å². The van der Waals surface area contributed by atoms with E-state index in [4.69, 9.17) is 18.9 Å². The number of hydrogen-bond donors (Lipinski definition) is 0. The highest BCUT2D eigenvalue weighted by Gasteiger charge is 2.52. The van der Waals surface area contributed by atoms with Crippen LogP contribution in [0.25, 0.3) is 0 Å². The van der Waals surface area contributed by atoms with Gasteiger partial charge in [0.1, 0.15) is 6.10 Å². The summed E-state index contributed by atoms with van der Waals surface area (Å²) in [5, 5.41) is 0. The largest absolute Gasteiger partial charge is 0.375 e. The summed E-state index contributed by atoms with van der Waals surface area (Å²) in [4.78, 5) is 0. The van der Waals surface area contributed by atoms with Crippen LogP contribution < -0.4 is 0 Å². The van der Waals surface area contributed by atoms with Crippen LogP contribution in [0.5, 0.6) is 0 Å². The van der Waals surface area contributed by atoms with Crippen molar-refractivity contribution >= 4 is 0 Å². The van der Waals surface area contributed by atoms with Crippen molar-refractivity contribution in [2.75, 3.05) is 20.3 Å². The van der Waals surface area contributed by atoms with E-state index in [0.717, 1.165) is 45.3 Å². The van der Waals surface area contributed by atoms with Crippen LogP contribution in [0.4, 0.5) is 0 Å². The van der Waals surface area contributed by atoms with Gasteiger partial charge in [-0.2, -0.15) is 0 Å². The number of ether oxygens (including phenoxy) is 4. The SMILES string of the molecule is CO[C@]12C[C@@H]3OCCC[C@H]3O[C@H]1CCCO2. The first kappa shape index (κ1) is 11.0. The maximum atomic E-state index is 6.11. The molecule has 16 heavy (non-hydrogen) atoms. The quantitative estimate of drug-likeness (QED) is 0.681.